The highest BCUT2D eigenvalue weighted by molar-refractivity contribution is 5.90. The van der Waals surface area contributed by atoms with Gasteiger partial charge in [-0.05, 0) is 48.7 Å². The molecule has 0 bridgehead atoms. The van der Waals surface area contributed by atoms with Gasteiger partial charge in [0.25, 0.3) is 0 Å². The lowest BCUT2D eigenvalue weighted by Crippen LogP contribution is -2.13. The van der Waals surface area contributed by atoms with Crippen LogP contribution in [0.4, 0.5) is 5.69 Å². The molecule has 3 N–H and O–H groups in total. The van der Waals surface area contributed by atoms with Gasteiger partial charge in [-0.3, -0.25) is 4.79 Å². The number of benzene rings is 2. The summed E-state index contributed by atoms with van der Waals surface area (Å²) in [7, 11) is 0. The van der Waals surface area contributed by atoms with Crippen LogP contribution in [0.15, 0.2) is 48.5 Å². The third-order valence-electron chi connectivity index (χ3n) is 3.41. The van der Waals surface area contributed by atoms with Gasteiger partial charge >= 0.3 is 0 Å². The molecule has 0 saturated carbocycles. The summed E-state index contributed by atoms with van der Waals surface area (Å²) in [5, 5.41) is 2.90. The van der Waals surface area contributed by atoms with Gasteiger partial charge in [0.05, 0.1) is 0 Å². The number of hydrogen-bond acceptors (Lipinski definition) is 3. The minimum Gasteiger partial charge on any atom is -0.492 e. The van der Waals surface area contributed by atoms with Crippen molar-refractivity contribution in [3.05, 3.63) is 59.7 Å². The van der Waals surface area contributed by atoms with E-state index in [9.17, 15) is 4.79 Å². The van der Waals surface area contributed by atoms with Crippen molar-refractivity contribution >= 4 is 11.6 Å². The third-order valence-corrected chi connectivity index (χ3v) is 3.41. The number of carbonyl (C=O) groups is 1. The fraction of sp³-hybridized carbons (Fsp3) is 0.278. The third kappa shape index (κ3) is 4.90. The Labute approximate surface area is 131 Å². The van der Waals surface area contributed by atoms with E-state index in [0.29, 0.717) is 19.6 Å². The number of anilines is 1. The van der Waals surface area contributed by atoms with Crippen molar-refractivity contribution in [1.29, 1.82) is 0 Å². The summed E-state index contributed by atoms with van der Waals surface area (Å²) >= 11 is 0. The van der Waals surface area contributed by atoms with Gasteiger partial charge in [-0.25, -0.2) is 0 Å². The van der Waals surface area contributed by atoms with E-state index in [1.54, 1.807) is 0 Å². The van der Waals surface area contributed by atoms with E-state index in [2.05, 4.69) is 24.4 Å². The molecule has 22 heavy (non-hydrogen) atoms. The normalized spacial score (nSPS) is 10.3. The van der Waals surface area contributed by atoms with Gasteiger partial charge in [0.15, 0.2) is 0 Å². The fourth-order valence-corrected chi connectivity index (χ4v) is 2.17. The Bertz CT molecular complexity index is 609. The van der Waals surface area contributed by atoms with Gasteiger partial charge in [0, 0.05) is 18.7 Å². The van der Waals surface area contributed by atoms with Gasteiger partial charge < -0.3 is 15.8 Å². The lowest BCUT2D eigenvalue weighted by molar-refractivity contribution is -0.116. The van der Waals surface area contributed by atoms with Crippen LogP contribution in [0.3, 0.4) is 0 Å². The van der Waals surface area contributed by atoms with Crippen molar-refractivity contribution in [3.8, 4) is 5.75 Å². The van der Waals surface area contributed by atoms with Gasteiger partial charge in [-0.15, -0.1) is 0 Å². The Morgan fingerprint density at radius 2 is 1.86 bits per heavy atom. The second-order valence-electron chi connectivity index (χ2n) is 5.14. The van der Waals surface area contributed by atoms with Crippen LogP contribution in [0.1, 0.15) is 17.5 Å². The first kappa shape index (κ1) is 16.0. The van der Waals surface area contributed by atoms with E-state index >= 15 is 0 Å². The molecule has 0 aliphatic heterocycles. The number of aryl methyl sites for hydroxylation is 2. The highest BCUT2D eigenvalue weighted by Gasteiger charge is 2.05. The zero-order valence-corrected chi connectivity index (χ0v) is 12.8. The van der Waals surface area contributed by atoms with Gasteiger partial charge in [0.1, 0.15) is 12.4 Å². The number of amides is 1. The summed E-state index contributed by atoms with van der Waals surface area (Å²) in [6.45, 7) is 3.03. The molecule has 0 unspecified atom stereocenters. The molecule has 2 aromatic rings. The van der Waals surface area contributed by atoms with E-state index in [1.165, 1.54) is 11.1 Å². The standard InChI is InChI=1S/C18H22N2O2/c1-14-4-2-3-5-15(14)6-11-18(21)20-16-7-9-17(10-8-16)22-13-12-19/h2-5,7-10H,6,11-13,19H2,1H3,(H,20,21). The van der Waals surface area contributed by atoms with Crippen LogP contribution in [0.2, 0.25) is 0 Å². The van der Waals surface area contributed by atoms with Crippen LogP contribution >= 0.6 is 0 Å². The maximum absolute atomic E-state index is 12.0. The summed E-state index contributed by atoms with van der Waals surface area (Å²) in [5.74, 6) is 0.766. The molecule has 0 aliphatic carbocycles. The molecule has 4 nitrogen and oxygen atoms in total. The number of carbonyl (C=O) groups excluding carboxylic acids is 1. The maximum Gasteiger partial charge on any atom is 0.224 e. The van der Waals surface area contributed by atoms with Crippen LogP contribution in [-0.4, -0.2) is 19.1 Å². The first-order valence-electron chi connectivity index (χ1n) is 7.46. The molecule has 0 aliphatic rings. The molecule has 2 aromatic carbocycles. The van der Waals surface area contributed by atoms with Crippen molar-refractivity contribution in [1.82, 2.24) is 0 Å². The molecule has 1 amide bonds. The number of nitrogens with one attached hydrogen (secondary N) is 1. The highest BCUT2D eigenvalue weighted by atomic mass is 16.5. The second kappa shape index (κ2) is 8.20. The lowest BCUT2D eigenvalue weighted by atomic mass is 10.0. The molecule has 0 heterocycles. The molecule has 0 aromatic heterocycles. The van der Waals surface area contributed by atoms with Crippen molar-refractivity contribution < 1.29 is 9.53 Å². The predicted octanol–water partition coefficient (Wildman–Crippen LogP) is 2.90. The Hall–Kier alpha value is -2.33. The summed E-state index contributed by atoms with van der Waals surface area (Å²) in [6.07, 6.45) is 1.21. The number of ether oxygens (including phenoxy) is 1. The quantitative estimate of drug-likeness (QED) is 0.826. The fourth-order valence-electron chi connectivity index (χ4n) is 2.17. The largest absolute Gasteiger partial charge is 0.492 e. The average molecular weight is 298 g/mol. The molecule has 0 radical (unpaired) electrons. The van der Waals surface area contributed by atoms with Crippen molar-refractivity contribution in [2.45, 2.75) is 19.8 Å². The first-order chi connectivity index (χ1) is 10.7. The molecular weight excluding hydrogens is 276 g/mol. The van der Waals surface area contributed by atoms with E-state index in [0.717, 1.165) is 17.9 Å². The summed E-state index contributed by atoms with van der Waals surface area (Å²) in [5.41, 5.74) is 8.59. The molecule has 4 heteroatoms. The minimum absolute atomic E-state index is 0.0129. The smallest absolute Gasteiger partial charge is 0.224 e. The molecule has 0 fully saturated rings. The molecule has 0 saturated heterocycles. The minimum atomic E-state index is 0.0129. The van der Waals surface area contributed by atoms with Gasteiger partial charge in [0.2, 0.25) is 5.91 Å². The van der Waals surface area contributed by atoms with E-state index in [1.807, 2.05) is 36.4 Å². The van der Waals surface area contributed by atoms with E-state index < -0.39 is 0 Å². The Kier molecular flexibility index (Phi) is 5.98. The van der Waals surface area contributed by atoms with Gasteiger partial charge in [-0.1, -0.05) is 24.3 Å². The number of rotatable bonds is 7. The van der Waals surface area contributed by atoms with Crippen LogP contribution in [0.5, 0.6) is 5.75 Å². The van der Waals surface area contributed by atoms with E-state index in [4.69, 9.17) is 10.5 Å². The maximum atomic E-state index is 12.0. The predicted molar refractivity (Wildman–Crippen MR) is 89.1 cm³/mol. The zero-order chi connectivity index (χ0) is 15.8. The van der Waals surface area contributed by atoms with Crippen LogP contribution in [0.25, 0.3) is 0 Å². The molecule has 0 spiro atoms. The average Bonchev–Trinajstić information content (AvgIpc) is 2.53. The zero-order valence-electron chi connectivity index (χ0n) is 12.8. The molecular formula is C18H22N2O2. The van der Waals surface area contributed by atoms with Crippen molar-refractivity contribution in [2.24, 2.45) is 5.73 Å². The van der Waals surface area contributed by atoms with Crippen LogP contribution in [0, 0.1) is 6.92 Å². The Balaban J connectivity index is 1.83. The number of nitrogens with two attached hydrogens (primary N) is 1. The molecule has 116 valence electrons. The Morgan fingerprint density at radius 1 is 1.14 bits per heavy atom. The molecule has 0 atom stereocenters. The SMILES string of the molecule is Cc1ccccc1CCC(=O)Nc1ccc(OCCN)cc1. The number of hydrogen-bond donors (Lipinski definition) is 2. The van der Waals surface area contributed by atoms with Crippen molar-refractivity contribution in [3.63, 3.8) is 0 Å². The van der Waals surface area contributed by atoms with Crippen LogP contribution < -0.4 is 15.8 Å². The topological polar surface area (TPSA) is 64.3 Å². The molecule has 2 rings (SSSR count). The van der Waals surface area contributed by atoms with Crippen molar-refractivity contribution in [2.75, 3.05) is 18.5 Å². The first-order valence-corrected chi connectivity index (χ1v) is 7.46. The highest BCUT2D eigenvalue weighted by Crippen LogP contribution is 2.16. The summed E-state index contributed by atoms with van der Waals surface area (Å²) < 4.78 is 5.40. The second-order valence-corrected chi connectivity index (χ2v) is 5.14. The monoisotopic (exact) mass is 298 g/mol. The Morgan fingerprint density at radius 3 is 2.55 bits per heavy atom. The summed E-state index contributed by atoms with van der Waals surface area (Å²) in [4.78, 5) is 12.0. The van der Waals surface area contributed by atoms with Crippen LogP contribution in [-0.2, 0) is 11.2 Å². The summed E-state index contributed by atoms with van der Waals surface area (Å²) in [6, 6.07) is 15.4. The van der Waals surface area contributed by atoms with E-state index in [-0.39, 0.29) is 5.91 Å². The lowest BCUT2D eigenvalue weighted by Gasteiger charge is -2.08. The van der Waals surface area contributed by atoms with Gasteiger partial charge in [-0.2, -0.15) is 0 Å².